The minimum absolute atomic E-state index is 0.384. The Balaban J connectivity index is 1.69. The SMILES string of the molecule is Cc1cc(NC2CCCCC2C2CCCCN2)ccc1O. The van der Waals surface area contributed by atoms with Crippen LogP contribution < -0.4 is 10.6 Å². The number of aryl methyl sites for hydroxylation is 1. The van der Waals surface area contributed by atoms with Crippen LogP contribution in [0.15, 0.2) is 18.2 Å². The third kappa shape index (κ3) is 3.52. The Labute approximate surface area is 128 Å². The van der Waals surface area contributed by atoms with Crippen molar-refractivity contribution in [1.82, 2.24) is 5.32 Å². The van der Waals surface area contributed by atoms with Crippen molar-refractivity contribution in [3.63, 3.8) is 0 Å². The number of phenolic OH excluding ortho intramolecular Hbond substituents is 1. The lowest BCUT2D eigenvalue weighted by atomic mass is 9.77. The lowest BCUT2D eigenvalue weighted by molar-refractivity contribution is 0.217. The lowest BCUT2D eigenvalue weighted by Gasteiger charge is -2.40. The Kier molecular flexibility index (Phi) is 4.69. The summed E-state index contributed by atoms with van der Waals surface area (Å²) >= 11 is 0. The van der Waals surface area contributed by atoms with E-state index in [1.54, 1.807) is 6.07 Å². The zero-order valence-corrected chi connectivity index (χ0v) is 13.1. The number of hydrogen-bond acceptors (Lipinski definition) is 3. The smallest absolute Gasteiger partial charge is 0.118 e. The van der Waals surface area contributed by atoms with Gasteiger partial charge in [0.05, 0.1) is 0 Å². The van der Waals surface area contributed by atoms with Gasteiger partial charge in [-0.25, -0.2) is 0 Å². The van der Waals surface area contributed by atoms with Gasteiger partial charge in [-0.1, -0.05) is 19.3 Å². The number of anilines is 1. The number of hydrogen-bond donors (Lipinski definition) is 3. The Morgan fingerprint density at radius 3 is 2.67 bits per heavy atom. The minimum Gasteiger partial charge on any atom is -0.508 e. The van der Waals surface area contributed by atoms with Gasteiger partial charge in [0.25, 0.3) is 0 Å². The van der Waals surface area contributed by atoms with Crippen LogP contribution in [0.25, 0.3) is 0 Å². The van der Waals surface area contributed by atoms with E-state index in [9.17, 15) is 5.11 Å². The lowest BCUT2D eigenvalue weighted by Crippen LogP contribution is -2.48. The van der Waals surface area contributed by atoms with Crippen LogP contribution in [0.3, 0.4) is 0 Å². The second-order valence-electron chi connectivity index (χ2n) is 6.76. The molecule has 1 aliphatic heterocycles. The number of benzene rings is 1. The molecule has 3 atom stereocenters. The standard InChI is InChI=1S/C18H28N2O/c1-13-12-14(9-10-18(13)21)20-17-8-3-2-6-15(17)16-7-4-5-11-19-16/h9-10,12,15-17,19-21H,2-8,11H2,1H3. The van der Waals surface area contributed by atoms with Gasteiger partial charge in [-0.3, -0.25) is 0 Å². The van der Waals surface area contributed by atoms with E-state index in [4.69, 9.17) is 0 Å². The highest BCUT2D eigenvalue weighted by molar-refractivity contribution is 5.51. The third-order valence-electron chi connectivity index (χ3n) is 5.23. The highest BCUT2D eigenvalue weighted by atomic mass is 16.3. The normalized spacial score (nSPS) is 30.0. The van der Waals surface area contributed by atoms with Gasteiger partial charge in [0.2, 0.25) is 0 Å². The van der Waals surface area contributed by atoms with Gasteiger partial charge >= 0.3 is 0 Å². The second kappa shape index (κ2) is 6.69. The minimum atomic E-state index is 0.384. The zero-order valence-electron chi connectivity index (χ0n) is 13.1. The van der Waals surface area contributed by atoms with E-state index < -0.39 is 0 Å². The molecular formula is C18H28N2O. The van der Waals surface area contributed by atoms with E-state index in [1.165, 1.54) is 51.5 Å². The molecule has 116 valence electrons. The van der Waals surface area contributed by atoms with Crippen molar-refractivity contribution in [3.05, 3.63) is 23.8 Å². The molecule has 0 aromatic heterocycles. The number of piperidine rings is 1. The van der Waals surface area contributed by atoms with Crippen LogP contribution in [-0.2, 0) is 0 Å². The molecule has 1 saturated heterocycles. The molecular weight excluding hydrogens is 260 g/mol. The fourth-order valence-corrected chi connectivity index (χ4v) is 4.02. The van der Waals surface area contributed by atoms with Crippen LogP contribution in [0.4, 0.5) is 5.69 Å². The summed E-state index contributed by atoms with van der Waals surface area (Å²) in [7, 11) is 0. The van der Waals surface area contributed by atoms with Gasteiger partial charge in [0.15, 0.2) is 0 Å². The molecule has 0 amide bonds. The molecule has 2 aliphatic rings. The van der Waals surface area contributed by atoms with Gasteiger partial charge in [0, 0.05) is 17.8 Å². The number of rotatable bonds is 3. The van der Waals surface area contributed by atoms with Gasteiger partial charge in [-0.2, -0.15) is 0 Å². The van der Waals surface area contributed by atoms with Gasteiger partial charge < -0.3 is 15.7 Å². The van der Waals surface area contributed by atoms with E-state index in [-0.39, 0.29) is 0 Å². The van der Waals surface area contributed by atoms with E-state index in [1.807, 2.05) is 13.0 Å². The highest BCUT2D eigenvalue weighted by Gasteiger charge is 2.32. The van der Waals surface area contributed by atoms with E-state index in [0.29, 0.717) is 17.8 Å². The molecule has 1 aromatic rings. The van der Waals surface area contributed by atoms with Crippen LogP contribution in [0.2, 0.25) is 0 Å². The van der Waals surface area contributed by atoms with Crippen LogP contribution in [0.1, 0.15) is 50.5 Å². The largest absolute Gasteiger partial charge is 0.508 e. The molecule has 1 aromatic carbocycles. The number of aromatic hydroxyl groups is 1. The van der Waals surface area contributed by atoms with Crippen molar-refractivity contribution in [2.45, 2.75) is 64.0 Å². The molecule has 3 unspecified atom stereocenters. The van der Waals surface area contributed by atoms with Crippen molar-refractivity contribution in [2.24, 2.45) is 5.92 Å². The summed E-state index contributed by atoms with van der Waals surface area (Å²) < 4.78 is 0. The quantitative estimate of drug-likeness (QED) is 0.741. The molecule has 0 spiro atoms. The fraction of sp³-hybridized carbons (Fsp3) is 0.667. The highest BCUT2D eigenvalue weighted by Crippen LogP contribution is 2.33. The summed E-state index contributed by atoms with van der Waals surface area (Å²) in [6, 6.07) is 7.12. The number of nitrogens with one attached hydrogen (secondary N) is 2. The van der Waals surface area contributed by atoms with Crippen molar-refractivity contribution in [1.29, 1.82) is 0 Å². The summed E-state index contributed by atoms with van der Waals surface area (Å²) in [6.07, 6.45) is 9.35. The second-order valence-corrected chi connectivity index (χ2v) is 6.76. The first kappa shape index (κ1) is 14.7. The predicted molar refractivity (Wildman–Crippen MR) is 87.9 cm³/mol. The van der Waals surface area contributed by atoms with Crippen LogP contribution >= 0.6 is 0 Å². The maximum atomic E-state index is 9.67. The van der Waals surface area contributed by atoms with Crippen molar-refractivity contribution >= 4 is 5.69 Å². The van der Waals surface area contributed by atoms with E-state index in [0.717, 1.165) is 17.2 Å². The summed E-state index contributed by atoms with van der Waals surface area (Å²) in [5.41, 5.74) is 2.10. The average Bonchev–Trinajstić information content (AvgIpc) is 2.52. The van der Waals surface area contributed by atoms with Gasteiger partial charge in [-0.05, 0) is 68.8 Å². The Bertz CT molecular complexity index is 468. The molecule has 3 heteroatoms. The topological polar surface area (TPSA) is 44.3 Å². The van der Waals surface area contributed by atoms with Crippen LogP contribution in [-0.4, -0.2) is 23.7 Å². The number of phenols is 1. The summed E-state index contributed by atoms with van der Waals surface area (Å²) in [4.78, 5) is 0. The van der Waals surface area contributed by atoms with Gasteiger partial charge in [0.1, 0.15) is 5.75 Å². The monoisotopic (exact) mass is 288 g/mol. The van der Waals surface area contributed by atoms with Crippen LogP contribution in [0.5, 0.6) is 5.75 Å². The summed E-state index contributed by atoms with van der Waals surface area (Å²) in [6.45, 7) is 3.15. The first-order chi connectivity index (χ1) is 10.2. The molecule has 3 rings (SSSR count). The Morgan fingerprint density at radius 2 is 1.90 bits per heavy atom. The van der Waals surface area contributed by atoms with E-state index >= 15 is 0 Å². The molecule has 1 aliphatic carbocycles. The molecule has 1 heterocycles. The molecule has 2 fully saturated rings. The van der Waals surface area contributed by atoms with Crippen molar-refractivity contribution < 1.29 is 5.11 Å². The molecule has 0 radical (unpaired) electrons. The molecule has 21 heavy (non-hydrogen) atoms. The predicted octanol–water partition coefficient (Wildman–Crippen LogP) is 3.81. The van der Waals surface area contributed by atoms with E-state index in [2.05, 4.69) is 16.7 Å². The third-order valence-corrected chi connectivity index (χ3v) is 5.23. The molecule has 0 bridgehead atoms. The maximum Gasteiger partial charge on any atom is 0.118 e. The maximum absolute atomic E-state index is 9.67. The van der Waals surface area contributed by atoms with Crippen LogP contribution in [0, 0.1) is 12.8 Å². The molecule has 3 nitrogen and oxygen atoms in total. The molecule has 1 saturated carbocycles. The van der Waals surface area contributed by atoms with Gasteiger partial charge in [-0.15, -0.1) is 0 Å². The summed E-state index contributed by atoms with van der Waals surface area (Å²) in [5.74, 6) is 1.13. The Morgan fingerprint density at radius 1 is 1.10 bits per heavy atom. The summed E-state index contributed by atoms with van der Waals surface area (Å²) in [5, 5.41) is 17.2. The van der Waals surface area contributed by atoms with Crippen molar-refractivity contribution in [2.75, 3.05) is 11.9 Å². The Hall–Kier alpha value is -1.22. The van der Waals surface area contributed by atoms with Crippen molar-refractivity contribution in [3.8, 4) is 5.75 Å². The zero-order chi connectivity index (χ0) is 14.7. The first-order valence-corrected chi connectivity index (χ1v) is 8.53. The fourth-order valence-electron chi connectivity index (χ4n) is 4.02. The average molecular weight is 288 g/mol. The first-order valence-electron chi connectivity index (χ1n) is 8.53. The molecule has 3 N–H and O–H groups in total.